The van der Waals surface area contributed by atoms with Crippen LogP contribution >= 0.6 is 0 Å². The number of hydrogen-bond donors (Lipinski definition) is 2. The standard InChI is InChI=1S/C19H18FN3O3/c20-14-9-7-13(8-10-14)12-17(24)21-22-19(26)15-4-1-2-5-16(15)23-11-3-6-18(23)25/h1-2,4-5,7-10H,3,6,11-12H2,(H,21,24)(H,22,26). The number of rotatable bonds is 4. The number of nitrogens with zero attached hydrogens (tertiary/aromatic N) is 1. The summed E-state index contributed by atoms with van der Waals surface area (Å²) in [6.07, 6.45) is 1.22. The molecule has 134 valence electrons. The van der Waals surface area contributed by atoms with Crippen LogP contribution in [0.25, 0.3) is 0 Å². The van der Waals surface area contributed by atoms with E-state index in [9.17, 15) is 18.8 Å². The van der Waals surface area contributed by atoms with Gasteiger partial charge in [-0.15, -0.1) is 0 Å². The molecule has 2 aromatic rings. The van der Waals surface area contributed by atoms with Crippen LogP contribution in [-0.2, 0) is 16.0 Å². The quantitative estimate of drug-likeness (QED) is 0.823. The molecule has 0 saturated carbocycles. The highest BCUT2D eigenvalue weighted by molar-refractivity contribution is 6.05. The second-order valence-electron chi connectivity index (χ2n) is 5.97. The summed E-state index contributed by atoms with van der Waals surface area (Å²) >= 11 is 0. The largest absolute Gasteiger partial charge is 0.312 e. The van der Waals surface area contributed by atoms with Gasteiger partial charge in [-0.1, -0.05) is 24.3 Å². The van der Waals surface area contributed by atoms with Crippen molar-refractivity contribution in [3.63, 3.8) is 0 Å². The molecule has 1 heterocycles. The average molecular weight is 355 g/mol. The van der Waals surface area contributed by atoms with Gasteiger partial charge in [0, 0.05) is 13.0 Å². The number of benzene rings is 2. The maximum Gasteiger partial charge on any atom is 0.271 e. The first kappa shape index (κ1) is 17.6. The normalized spacial score (nSPS) is 13.6. The van der Waals surface area contributed by atoms with Gasteiger partial charge in [-0.05, 0) is 36.2 Å². The number of hydrogen-bond acceptors (Lipinski definition) is 3. The highest BCUT2D eigenvalue weighted by Gasteiger charge is 2.25. The Balaban J connectivity index is 1.62. The molecule has 2 N–H and O–H groups in total. The van der Waals surface area contributed by atoms with Gasteiger partial charge in [0.2, 0.25) is 11.8 Å². The summed E-state index contributed by atoms with van der Waals surface area (Å²) in [5.74, 6) is -1.34. The van der Waals surface area contributed by atoms with Crippen LogP contribution in [0.1, 0.15) is 28.8 Å². The van der Waals surface area contributed by atoms with Crippen molar-refractivity contribution in [1.82, 2.24) is 10.9 Å². The van der Waals surface area contributed by atoms with Crippen molar-refractivity contribution in [3.8, 4) is 0 Å². The van der Waals surface area contributed by atoms with E-state index in [0.717, 1.165) is 6.42 Å². The first-order chi connectivity index (χ1) is 12.5. The molecule has 1 aliphatic rings. The van der Waals surface area contributed by atoms with E-state index in [4.69, 9.17) is 0 Å². The second kappa shape index (κ2) is 7.77. The fraction of sp³-hybridized carbons (Fsp3) is 0.211. The molecule has 0 aliphatic carbocycles. The number of nitrogens with one attached hydrogen (secondary N) is 2. The van der Waals surface area contributed by atoms with Gasteiger partial charge >= 0.3 is 0 Å². The zero-order valence-corrected chi connectivity index (χ0v) is 14.0. The highest BCUT2D eigenvalue weighted by Crippen LogP contribution is 2.25. The number of anilines is 1. The third-order valence-corrected chi connectivity index (χ3v) is 4.11. The van der Waals surface area contributed by atoms with Gasteiger partial charge in [0.1, 0.15) is 5.82 Å². The molecular weight excluding hydrogens is 337 g/mol. The lowest BCUT2D eigenvalue weighted by Gasteiger charge is -2.19. The summed E-state index contributed by atoms with van der Waals surface area (Å²) in [6.45, 7) is 0.569. The zero-order valence-electron chi connectivity index (χ0n) is 14.0. The molecule has 3 rings (SSSR count). The molecule has 0 bridgehead atoms. The van der Waals surface area contributed by atoms with Crippen molar-refractivity contribution in [2.45, 2.75) is 19.3 Å². The van der Waals surface area contributed by atoms with Crippen molar-refractivity contribution in [3.05, 3.63) is 65.5 Å². The Morgan fingerprint density at radius 1 is 1.04 bits per heavy atom. The minimum atomic E-state index is -0.507. The van der Waals surface area contributed by atoms with Gasteiger partial charge in [0.25, 0.3) is 5.91 Å². The summed E-state index contributed by atoms with van der Waals surface area (Å²) < 4.78 is 12.9. The second-order valence-corrected chi connectivity index (χ2v) is 5.97. The van der Waals surface area contributed by atoms with E-state index < -0.39 is 11.8 Å². The molecule has 0 aromatic heterocycles. The predicted molar refractivity (Wildman–Crippen MR) is 93.7 cm³/mol. The maximum atomic E-state index is 12.9. The lowest BCUT2D eigenvalue weighted by atomic mass is 10.1. The Kier molecular flexibility index (Phi) is 5.26. The third kappa shape index (κ3) is 4.05. The first-order valence-electron chi connectivity index (χ1n) is 8.27. The molecule has 0 unspecified atom stereocenters. The predicted octanol–water partition coefficient (Wildman–Crippen LogP) is 1.96. The molecule has 3 amide bonds. The van der Waals surface area contributed by atoms with Gasteiger partial charge in [-0.2, -0.15) is 0 Å². The summed E-state index contributed by atoms with van der Waals surface area (Å²) in [4.78, 5) is 37.9. The zero-order chi connectivity index (χ0) is 18.5. The lowest BCUT2D eigenvalue weighted by Crippen LogP contribution is -2.43. The summed E-state index contributed by atoms with van der Waals surface area (Å²) in [6, 6.07) is 12.3. The topological polar surface area (TPSA) is 78.5 Å². The fourth-order valence-corrected chi connectivity index (χ4v) is 2.83. The van der Waals surface area contributed by atoms with Crippen LogP contribution in [0.4, 0.5) is 10.1 Å². The van der Waals surface area contributed by atoms with Crippen LogP contribution < -0.4 is 15.8 Å². The maximum absolute atomic E-state index is 12.9. The number of para-hydroxylation sites is 1. The van der Waals surface area contributed by atoms with Crippen LogP contribution in [0.2, 0.25) is 0 Å². The van der Waals surface area contributed by atoms with E-state index in [1.807, 2.05) is 0 Å². The fourth-order valence-electron chi connectivity index (χ4n) is 2.83. The van der Waals surface area contributed by atoms with Crippen LogP contribution in [0.15, 0.2) is 48.5 Å². The molecule has 7 heteroatoms. The van der Waals surface area contributed by atoms with E-state index in [0.29, 0.717) is 29.8 Å². The van der Waals surface area contributed by atoms with Crippen molar-refractivity contribution < 1.29 is 18.8 Å². The van der Waals surface area contributed by atoms with E-state index in [1.54, 1.807) is 29.2 Å². The first-order valence-corrected chi connectivity index (χ1v) is 8.27. The average Bonchev–Trinajstić information content (AvgIpc) is 3.07. The van der Waals surface area contributed by atoms with Crippen LogP contribution in [0, 0.1) is 5.82 Å². The Hall–Kier alpha value is -3.22. The molecular formula is C19H18FN3O3. The van der Waals surface area contributed by atoms with Crippen molar-refractivity contribution in [2.75, 3.05) is 11.4 Å². The molecule has 6 nitrogen and oxygen atoms in total. The molecule has 1 aliphatic heterocycles. The smallest absolute Gasteiger partial charge is 0.271 e. The van der Waals surface area contributed by atoms with E-state index >= 15 is 0 Å². The van der Waals surface area contributed by atoms with Crippen molar-refractivity contribution in [2.24, 2.45) is 0 Å². The third-order valence-electron chi connectivity index (χ3n) is 4.11. The van der Waals surface area contributed by atoms with Crippen LogP contribution in [0.3, 0.4) is 0 Å². The Bertz CT molecular complexity index is 836. The van der Waals surface area contributed by atoms with Gasteiger partial charge in [-0.25, -0.2) is 4.39 Å². The number of amides is 3. The van der Waals surface area contributed by atoms with E-state index in [1.165, 1.54) is 24.3 Å². The Morgan fingerprint density at radius 2 is 1.77 bits per heavy atom. The van der Waals surface area contributed by atoms with Crippen molar-refractivity contribution in [1.29, 1.82) is 0 Å². The van der Waals surface area contributed by atoms with Gasteiger partial charge in [-0.3, -0.25) is 25.2 Å². The Morgan fingerprint density at radius 3 is 2.46 bits per heavy atom. The monoisotopic (exact) mass is 355 g/mol. The van der Waals surface area contributed by atoms with E-state index in [-0.39, 0.29) is 18.1 Å². The van der Waals surface area contributed by atoms with Gasteiger partial charge in [0.15, 0.2) is 0 Å². The molecule has 0 radical (unpaired) electrons. The van der Waals surface area contributed by atoms with Gasteiger partial charge < -0.3 is 4.90 Å². The Labute approximate surface area is 150 Å². The number of carbonyl (C=O) groups is 3. The highest BCUT2D eigenvalue weighted by atomic mass is 19.1. The van der Waals surface area contributed by atoms with E-state index in [2.05, 4.69) is 10.9 Å². The molecule has 2 aromatic carbocycles. The molecule has 0 atom stereocenters. The summed E-state index contributed by atoms with van der Waals surface area (Å²) in [7, 11) is 0. The lowest BCUT2D eigenvalue weighted by molar-refractivity contribution is -0.121. The number of carbonyl (C=O) groups excluding carboxylic acids is 3. The minimum Gasteiger partial charge on any atom is -0.312 e. The minimum absolute atomic E-state index is 0.00676. The van der Waals surface area contributed by atoms with Crippen LogP contribution in [0.5, 0.6) is 0 Å². The molecule has 1 fully saturated rings. The molecule has 0 spiro atoms. The number of hydrazine groups is 1. The molecule has 1 saturated heterocycles. The van der Waals surface area contributed by atoms with Crippen molar-refractivity contribution >= 4 is 23.4 Å². The summed E-state index contributed by atoms with van der Waals surface area (Å²) in [5.41, 5.74) is 6.16. The molecule has 26 heavy (non-hydrogen) atoms. The van der Waals surface area contributed by atoms with Crippen LogP contribution in [-0.4, -0.2) is 24.3 Å². The number of halogens is 1. The SMILES string of the molecule is O=C(Cc1ccc(F)cc1)NNC(=O)c1ccccc1N1CCCC1=O. The summed E-state index contributed by atoms with van der Waals surface area (Å²) in [5, 5.41) is 0. The van der Waals surface area contributed by atoms with Gasteiger partial charge in [0.05, 0.1) is 17.7 Å².